The van der Waals surface area contributed by atoms with Gasteiger partial charge in [-0.05, 0) is 17.7 Å². The number of nitrogens with one attached hydrogen (secondary N) is 3. The second kappa shape index (κ2) is 5.86. The number of hydrogen-bond acceptors (Lipinski definition) is 4. The van der Waals surface area contributed by atoms with Gasteiger partial charge in [0, 0.05) is 17.5 Å². The highest BCUT2D eigenvalue weighted by Crippen LogP contribution is 2.22. The summed E-state index contributed by atoms with van der Waals surface area (Å²) >= 11 is 0. The van der Waals surface area contributed by atoms with Gasteiger partial charge < -0.3 is 10.6 Å². The van der Waals surface area contributed by atoms with E-state index in [4.69, 9.17) is 0 Å². The quantitative estimate of drug-likeness (QED) is 0.655. The summed E-state index contributed by atoms with van der Waals surface area (Å²) < 4.78 is 0. The third-order valence-corrected chi connectivity index (χ3v) is 4.23. The van der Waals surface area contributed by atoms with E-state index in [0.717, 1.165) is 11.3 Å². The van der Waals surface area contributed by atoms with Crippen molar-refractivity contribution < 1.29 is 9.59 Å². The number of carbonyl (C=O) groups excluding carboxylic acids is 2. The van der Waals surface area contributed by atoms with Crippen LogP contribution in [0.1, 0.15) is 16.1 Å². The predicted octanol–water partition coefficient (Wildman–Crippen LogP) is 1.22. The van der Waals surface area contributed by atoms with Gasteiger partial charge in [0.1, 0.15) is 6.04 Å². The molecule has 0 radical (unpaired) electrons. The van der Waals surface area contributed by atoms with E-state index in [0.29, 0.717) is 17.2 Å². The first-order valence-corrected chi connectivity index (χ1v) is 7.80. The standard InChI is InChI=1S/C18H14N4O3/c23-16-12-7-3-2-6-11(12)15(21-22-16)18(25)20-14-9-10-5-1-4-8-13(10)19-17(14)24/h1-8,14H,9H2,(H,19,24)(H,20,25)(H,22,23)/t14-/m1/s1. The molecule has 2 amide bonds. The van der Waals surface area contributed by atoms with Gasteiger partial charge in [0.25, 0.3) is 11.5 Å². The maximum Gasteiger partial charge on any atom is 0.273 e. The summed E-state index contributed by atoms with van der Waals surface area (Å²) in [5.41, 5.74) is 1.43. The Kier molecular flexibility index (Phi) is 3.53. The normalized spacial score (nSPS) is 16.2. The van der Waals surface area contributed by atoms with Gasteiger partial charge in [-0.25, -0.2) is 5.10 Å². The minimum Gasteiger partial charge on any atom is -0.338 e. The topological polar surface area (TPSA) is 104 Å². The third-order valence-electron chi connectivity index (χ3n) is 4.23. The van der Waals surface area contributed by atoms with Crippen molar-refractivity contribution in [2.75, 3.05) is 5.32 Å². The number of H-pyrrole nitrogens is 1. The Morgan fingerprint density at radius 1 is 1.04 bits per heavy atom. The molecule has 0 aliphatic carbocycles. The zero-order valence-corrected chi connectivity index (χ0v) is 13.1. The molecule has 4 rings (SSSR count). The fraction of sp³-hybridized carbons (Fsp3) is 0.111. The molecule has 7 nitrogen and oxygen atoms in total. The van der Waals surface area contributed by atoms with Gasteiger partial charge in [0.05, 0.1) is 5.39 Å². The number of nitrogens with zero attached hydrogens (tertiary/aromatic N) is 1. The van der Waals surface area contributed by atoms with Crippen molar-refractivity contribution in [1.82, 2.24) is 15.5 Å². The Morgan fingerprint density at radius 2 is 1.76 bits per heavy atom. The Labute approximate surface area is 142 Å². The molecule has 0 unspecified atom stereocenters. The summed E-state index contributed by atoms with van der Waals surface area (Å²) in [4.78, 5) is 36.7. The van der Waals surface area contributed by atoms with E-state index in [1.54, 1.807) is 24.3 Å². The lowest BCUT2D eigenvalue weighted by Crippen LogP contribution is -2.48. The predicted molar refractivity (Wildman–Crippen MR) is 92.4 cm³/mol. The Hall–Kier alpha value is -3.48. The first kappa shape index (κ1) is 15.1. The minimum atomic E-state index is -0.699. The van der Waals surface area contributed by atoms with Crippen LogP contribution in [0.3, 0.4) is 0 Å². The van der Waals surface area contributed by atoms with E-state index in [2.05, 4.69) is 20.8 Å². The number of amides is 2. The summed E-state index contributed by atoms with van der Waals surface area (Å²) in [5, 5.41) is 12.5. The van der Waals surface area contributed by atoms with Gasteiger partial charge in [-0.2, -0.15) is 5.10 Å². The van der Waals surface area contributed by atoms with Crippen LogP contribution in [0.25, 0.3) is 10.8 Å². The van der Waals surface area contributed by atoms with Gasteiger partial charge in [-0.3, -0.25) is 14.4 Å². The van der Waals surface area contributed by atoms with Gasteiger partial charge in [-0.1, -0.05) is 36.4 Å². The second-order valence-electron chi connectivity index (χ2n) is 5.82. The number of carbonyl (C=O) groups is 2. The molecule has 0 fully saturated rings. The molecule has 1 aliphatic heterocycles. The minimum absolute atomic E-state index is 0.0851. The first-order chi connectivity index (χ1) is 12.1. The highest BCUT2D eigenvalue weighted by atomic mass is 16.2. The summed E-state index contributed by atoms with van der Waals surface area (Å²) in [5.74, 6) is -0.784. The molecule has 3 N–H and O–H groups in total. The molecular weight excluding hydrogens is 320 g/mol. The zero-order valence-electron chi connectivity index (χ0n) is 13.1. The number of hydrogen-bond donors (Lipinski definition) is 3. The molecule has 0 spiro atoms. The molecule has 0 bridgehead atoms. The smallest absolute Gasteiger partial charge is 0.273 e. The molecule has 3 aromatic rings. The number of aromatic nitrogens is 2. The molecule has 0 saturated carbocycles. The van der Waals surface area contributed by atoms with Gasteiger partial charge >= 0.3 is 0 Å². The molecule has 124 valence electrons. The van der Waals surface area contributed by atoms with Crippen LogP contribution in [0.5, 0.6) is 0 Å². The van der Waals surface area contributed by atoms with E-state index in [-0.39, 0.29) is 17.2 Å². The maximum atomic E-state index is 12.6. The Bertz CT molecular complexity index is 1060. The molecular formula is C18H14N4O3. The summed E-state index contributed by atoms with van der Waals surface area (Å²) in [6.45, 7) is 0. The van der Waals surface area contributed by atoms with Gasteiger partial charge in [0.2, 0.25) is 5.91 Å². The summed E-state index contributed by atoms with van der Waals surface area (Å²) in [7, 11) is 0. The second-order valence-corrected chi connectivity index (χ2v) is 5.82. The van der Waals surface area contributed by atoms with Crippen LogP contribution in [0.2, 0.25) is 0 Å². The average Bonchev–Trinajstić information content (AvgIpc) is 2.63. The van der Waals surface area contributed by atoms with Crippen LogP contribution in [0, 0.1) is 0 Å². The highest BCUT2D eigenvalue weighted by Gasteiger charge is 2.28. The highest BCUT2D eigenvalue weighted by molar-refractivity contribution is 6.07. The molecule has 7 heteroatoms. The van der Waals surface area contributed by atoms with E-state index < -0.39 is 11.9 Å². The zero-order chi connectivity index (χ0) is 17.4. The van der Waals surface area contributed by atoms with Crippen LogP contribution in [0.4, 0.5) is 5.69 Å². The van der Waals surface area contributed by atoms with Crippen molar-refractivity contribution in [3.8, 4) is 0 Å². The van der Waals surface area contributed by atoms with Crippen LogP contribution < -0.4 is 16.2 Å². The van der Waals surface area contributed by atoms with E-state index in [9.17, 15) is 14.4 Å². The Balaban J connectivity index is 1.64. The molecule has 1 aromatic heterocycles. The summed E-state index contributed by atoms with van der Waals surface area (Å²) in [6.07, 6.45) is 0.398. The third kappa shape index (κ3) is 2.65. The number of para-hydroxylation sites is 1. The van der Waals surface area contributed by atoms with E-state index >= 15 is 0 Å². The van der Waals surface area contributed by atoms with Crippen LogP contribution >= 0.6 is 0 Å². The maximum absolute atomic E-state index is 12.6. The van der Waals surface area contributed by atoms with E-state index in [1.807, 2.05) is 24.3 Å². The average molecular weight is 334 g/mol. The number of anilines is 1. The lowest BCUT2D eigenvalue weighted by Gasteiger charge is -2.25. The number of aromatic amines is 1. The summed E-state index contributed by atoms with van der Waals surface area (Å²) in [6, 6.07) is 13.5. The Morgan fingerprint density at radius 3 is 2.60 bits per heavy atom. The van der Waals surface area contributed by atoms with Crippen molar-refractivity contribution in [2.45, 2.75) is 12.5 Å². The molecule has 1 atom stereocenters. The van der Waals surface area contributed by atoms with Crippen LogP contribution in [0.15, 0.2) is 53.3 Å². The number of benzene rings is 2. The van der Waals surface area contributed by atoms with Crippen molar-refractivity contribution in [3.05, 3.63) is 70.1 Å². The number of fused-ring (bicyclic) bond motifs is 2. The molecule has 1 aliphatic rings. The van der Waals surface area contributed by atoms with Crippen molar-refractivity contribution in [2.24, 2.45) is 0 Å². The van der Waals surface area contributed by atoms with Crippen molar-refractivity contribution >= 4 is 28.3 Å². The van der Waals surface area contributed by atoms with Gasteiger partial charge in [-0.15, -0.1) is 0 Å². The fourth-order valence-electron chi connectivity index (χ4n) is 2.98. The first-order valence-electron chi connectivity index (χ1n) is 7.80. The van der Waals surface area contributed by atoms with E-state index in [1.165, 1.54) is 0 Å². The van der Waals surface area contributed by atoms with Crippen LogP contribution in [-0.4, -0.2) is 28.1 Å². The lowest BCUT2D eigenvalue weighted by atomic mass is 9.99. The van der Waals surface area contributed by atoms with Crippen LogP contribution in [-0.2, 0) is 11.2 Å². The largest absolute Gasteiger partial charge is 0.338 e. The van der Waals surface area contributed by atoms with Crippen molar-refractivity contribution in [3.63, 3.8) is 0 Å². The SMILES string of the molecule is O=C(N[C@@H]1Cc2ccccc2NC1=O)c1n[nH]c(=O)c2ccccc12. The molecule has 25 heavy (non-hydrogen) atoms. The molecule has 2 aromatic carbocycles. The monoisotopic (exact) mass is 334 g/mol. The molecule has 0 saturated heterocycles. The van der Waals surface area contributed by atoms with Gasteiger partial charge in [0.15, 0.2) is 5.69 Å². The number of rotatable bonds is 2. The lowest BCUT2D eigenvalue weighted by molar-refractivity contribution is -0.118. The van der Waals surface area contributed by atoms with Crippen molar-refractivity contribution in [1.29, 1.82) is 0 Å². The molecule has 2 heterocycles. The fourth-order valence-corrected chi connectivity index (χ4v) is 2.98.